The SMILES string of the molecule is Cc1ccc(CNCCCOCC2CCCO2)cc1. The van der Waals surface area contributed by atoms with E-state index < -0.39 is 0 Å². The maximum atomic E-state index is 5.62. The third kappa shape index (κ3) is 5.72. The van der Waals surface area contributed by atoms with Gasteiger partial charge in [0.15, 0.2) is 0 Å². The molecule has 3 heteroatoms. The van der Waals surface area contributed by atoms with Crippen LogP contribution < -0.4 is 5.32 Å². The molecule has 0 amide bonds. The van der Waals surface area contributed by atoms with Crippen molar-refractivity contribution < 1.29 is 9.47 Å². The summed E-state index contributed by atoms with van der Waals surface area (Å²) in [4.78, 5) is 0. The molecule has 0 radical (unpaired) electrons. The minimum absolute atomic E-state index is 0.348. The number of hydrogen-bond donors (Lipinski definition) is 1. The second kappa shape index (κ2) is 8.31. The molecule has 3 nitrogen and oxygen atoms in total. The van der Waals surface area contributed by atoms with E-state index in [0.717, 1.165) is 45.8 Å². The van der Waals surface area contributed by atoms with Crippen LogP contribution in [0, 0.1) is 6.92 Å². The van der Waals surface area contributed by atoms with Gasteiger partial charge in [-0.1, -0.05) is 29.8 Å². The molecule has 2 rings (SSSR count). The molecule has 1 unspecified atom stereocenters. The van der Waals surface area contributed by atoms with Crippen molar-refractivity contribution in [1.82, 2.24) is 5.32 Å². The van der Waals surface area contributed by atoms with Crippen LogP contribution in [0.1, 0.15) is 30.4 Å². The topological polar surface area (TPSA) is 30.5 Å². The Balaban J connectivity index is 1.44. The van der Waals surface area contributed by atoms with Gasteiger partial charge >= 0.3 is 0 Å². The van der Waals surface area contributed by atoms with Gasteiger partial charge in [-0.05, 0) is 38.3 Å². The van der Waals surface area contributed by atoms with Crippen molar-refractivity contribution in [2.24, 2.45) is 0 Å². The van der Waals surface area contributed by atoms with Gasteiger partial charge in [0, 0.05) is 19.8 Å². The molecule has 1 saturated heterocycles. The maximum absolute atomic E-state index is 5.62. The standard InChI is InChI=1S/C16H25NO2/c1-14-5-7-15(8-6-14)12-17-9-3-10-18-13-16-4-2-11-19-16/h5-8,16-17H,2-4,9-13H2,1H3. The van der Waals surface area contributed by atoms with Gasteiger partial charge in [-0.25, -0.2) is 0 Å². The third-order valence-corrected chi connectivity index (χ3v) is 3.42. The molecule has 19 heavy (non-hydrogen) atoms. The van der Waals surface area contributed by atoms with Crippen LogP contribution >= 0.6 is 0 Å². The molecule has 1 heterocycles. The highest BCUT2D eigenvalue weighted by molar-refractivity contribution is 5.20. The molecule has 1 N–H and O–H groups in total. The van der Waals surface area contributed by atoms with Crippen LogP contribution in [0.25, 0.3) is 0 Å². The Morgan fingerprint density at radius 1 is 1.32 bits per heavy atom. The van der Waals surface area contributed by atoms with Crippen LogP contribution in [-0.2, 0) is 16.0 Å². The van der Waals surface area contributed by atoms with Gasteiger partial charge in [0.05, 0.1) is 12.7 Å². The highest BCUT2D eigenvalue weighted by atomic mass is 16.5. The zero-order chi connectivity index (χ0) is 13.3. The minimum atomic E-state index is 0.348. The lowest BCUT2D eigenvalue weighted by molar-refractivity contribution is 0.0166. The van der Waals surface area contributed by atoms with Crippen LogP contribution in [-0.4, -0.2) is 32.5 Å². The summed E-state index contributed by atoms with van der Waals surface area (Å²) in [5.41, 5.74) is 2.65. The first kappa shape index (κ1) is 14.5. The molecule has 1 aromatic carbocycles. The molecular formula is C16H25NO2. The van der Waals surface area contributed by atoms with Crippen LogP contribution in [0.2, 0.25) is 0 Å². The normalized spacial score (nSPS) is 18.9. The number of rotatable bonds is 8. The average Bonchev–Trinajstić information content (AvgIpc) is 2.93. The van der Waals surface area contributed by atoms with E-state index in [9.17, 15) is 0 Å². The molecular weight excluding hydrogens is 238 g/mol. The lowest BCUT2D eigenvalue weighted by atomic mass is 10.1. The second-order valence-corrected chi connectivity index (χ2v) is 5.23. The molecule has 0 bridgehead atoms. The predicted molar refractivity (Wildman–Crippen MR) is 77.3 cm³/mol. The summed E-state index contributed by atoms with van der Waals surface area (Å²) in [6.07, 6.45) is 3.75. The van der Waals surface area contributed by atoms with Crippen LogP contribution in [0.15, 0.2) is 24.3 Å². The molecule has 1 fully saturated rings. The van der Waals surface area contributed by atoms with Crippen molar-refractivity contribution in [3.8, 4) is 0 Å². The van der Waals surface area contributed by atoms with Crippen LogP contribution in [0.3, 0.4) is 0 Å². The number of benzene rings is 1. The maximum Gasteiger partial charge on any atom is 0.0809 e. The smallest absolute Gasteiger partial charge is 0.0809 e. The van der Waals surface area contributed by atoms with Crippen molar-refractivity contribution in [1.29, 1.82) is 0 Å². The van der Waals surface area contributed by atoms with E-state index in [1.165, 1.54) is 17.5 Å². The fourth-order valence-electron chi connectivity index (χ4n) is 2.23. The van der Waals surface area contributed by atoms with Crippen molar-refractivity contribution in [3.63, 3.8) is 0 Å². The molecule has 0 saturated carbocycles. The Hall–Kier alpha value is -0.900. The fourth-order valence-corrected chi connectivity index (χ4v) is 2.23. The number of nitrogens with one attached hydrogen (secondary N) is 1. The van der Waals surface area contributed by atoms with Gasteiger partial charge in [0.2, 0.25) is 0 Å². The van der Waals surface area contributed by atoms with E-state index in [4.69, 9.17) is 9.47 Å². The van der Waals surface area contributed by atoms with E-state index in [-0.39, 0.29) is 0 Å². The van der Waals surface area contributed by atoms with Gasteiger partial charge in [0.25, 0.3) is 0 Å². The Morgan fingerprint density at radius 3 is 2.89 bits per heavy atom. The summed E-state index contributed by atoms with van der Waals surface area (Å²) >= 11 is 0. The quantitative estimate of drug-likeness (QED) is 0.731. The largest absolute Gasteiger partial charge is 0.379 e. The van der Waals surface area contributed by atoms with Gasteiger partial charge in [-0.3, -0.25) is 0 Å². The summed E-state index contributed by atoms with van der Waals surface area (Å²) < 4.78 is 11.1. The van der Waals surface area contributed by atoms with Gasteiger partial charge < -0.3 is 14.8 Å². The minimum Gasteiger partial charge on any atom is -0.379 e. The summed E-state index contributed by atoms with van der Waals surface area (Å²) in [5.74, 6) is 0. The number of hydrogen-bond acceptors (Lipinski definition) is 3. The van der Waals surface area contributed by atoms with E-state index in [1.54, 1.807) is 0 Å². The molecule has 0 spiro atoms. The molecule has 106 valence electrons. The van der Waals surface area contributed by atoms with E-state index in [2.05, 4.69) is 36.5 Å². The summed E-state index contributed by atoms with van der Waals surface area (Å²) in [5, 5.41) is 3.44. The Kier molecular flexibility index (Phi) is 6.34. The zero-order valence-electron chi connectivity index (χ0n) is 11.9. The molecule has 1 aliphatic heterocycles. The lowest BCUT2D eigenvalue weighted by Gasteiger charge is -2.10. The van der Waals surface area contributed by atoms with Gasteiger partial charge in [0.1, 0.15) is 0 Å². The Labute approximate surface area is 116 Å². The predicted octanol–water partition coefficient (Wildman–Crippen LogP) is 2.67. The highest BCUT2D eigenvalue weighted by Crippen LogP contribution is 2.11. The first-order valence-corrected chi connectivity index (χ1v) is 7.30. The first-order valence-electron chi connectivity index (χ1n) is 7.30. The van der Waals surface area contributed by atoms with Crippen LogP contribution in [0.4, 0.5) is 0 Å². The monoisotopic (exact) mass is 263 g/mol. The van der Waals surface area contributed by atoms with Crippen LogP contribution in [0.5, 0.6) is 0 Å². The molecule has 1 aliphatic rings. The highest BCUT2D eigenvalue weighted by Gasteiger charge is 2.14. The summed E-state index contributed by atoms with van der Waals surface area (Å²) in [6, 6.07) is 8.66. The summed E-state index contributed by atoms with van der Waals surface area (Å²) in [7, 11) is 0. The van der Waals surface area contributed by atoms with E-state index >= 15 is 0 Å². The van der Waals surface area contributed by atoms with Crippen molar-refractivity contribution in [3.05, 3.63) is 35.4 Å². The second-order valence-electron chi connectivity index (χ2n) is 5.23. The van der Waals surface area contributed by atoms with E-state index in [0.29, 0.717) is 6.10 Å². The number of ether oxygens (including phenoxy) is 2. The Morgan fingerprint density at radius 2 is 2.16 bits per heavy atom. The summed E-state index contributed by atoms with van der Waals surface area (Å²) in [6.45, 7) is 6.54. The molecule has 1 aromatic rings. The molecule has 0 aliphatic carbocycles. The van der Waals surface area contributed by atoms with Crippen molar-refractivity contribution in [2.45, 2.75) is 38.8 Å². The fraction of sp³-hybridized carbons (Fsp3) is 0.625. The average molecular weight is 263 g/mol. The zero-order valence-corrected chi connectivity index (χ0v) is 11.9. The van der Waals surface area contributed by atoms with E-state index in [1.807, 2.05) is 0 Å². The first-order chi connectivity index (χ1) is 9.34. The third-order valence-electron chi connectivity index (χ3n) is 3.42. The van der Waals surface area contributed by atoms with Crippen molar-refractivity contribution >= 4 is 0 Å². The molecule has 0 aromatic heterocycles. The Bertz CT molecular complexity index is 344. The number of aryl methyl sites for hydroxylation is 1. The lowest BCUT2D eigenvalue weighted by Crippen LogP contribution is -2.18. The van der Waals surface area contributed by atoms with Gasteiger partial charge in [-0.15, -0.1) is 0 Å². The van der Waals surface area contributed by atoms with Crippen molar-refractivity contribution in [2.75, 3.05) is 26.4 Å². The molecule has 1 atom stereocenters. The van der Waals surface area contributed by atoms with Gasteiger partial charge in [-0.2, -0.15) is 0 Å².